The molecule has 3 N–H and O–H groups in total. The molecule has 0 fully saturated rings. The molecule has 0 saturated carbocycles. The first-order valence-electron chi connectivity index (χ1n) is 7.75. The highest BCUT2D eigenvalue weighted by atomic mass is 16.2. The Hall–Kier alpha value is -3.87. The van der Waals surface area contributed by atoms with Gasteiger partial charge in [0.05, 0.1) is 6.33 Å². The van der Waals surface area contributed by atoms with E-state index in [0.717, 1.165) is 0 Å². The molecular formula is C19H15N5O2. The number of imidazole rings is 1. The number of nitrogens with one attached hydrogen (secondary N) is 1. The highest BCUT2D eigenvalue weighted by molar-refractivity contribution is 6.49. The van der Waals surface area contributed by atoms with E-state index in [4.69, 9.17) is 5.73 Å². The Morgan fingerprint density at radius 1 is 0.769 bits per heavy atom. The molecule has 2 aromatic carbocycles. The van der Waals surface area contributed by atoms with Gasteiger partial charge in [-0.15, -0.1) is 0 Å². The van der Waals surface area contributed by atoms with Crippen LogP contribution in [0.15, 0.2) is 73.3 Å². The molecule has 0 spiro atoms. The molecule has 2 aromatic heterocycles. The summed E-state index contributed by atoms with van der Waals surface area (Å²) in [6.07, 6.45) is 2.92. The van der Waals surface area contributed by atoms with Gasteiger partial charge in [0, 0.05) is 11.1 Å². The molecule has 2 heterocycles. The second-order valence-corrected chi connectivity index (χ2v) is 5.25. The van der Waals surface area contributed by atoms with E-state index >= 15 is 0 Å². The number of ketones is 2. The minimum atomic E-state index is -0.466. The molecule has 4 aromatic rings. The van der Waals surface area contributed by atoms with Crippen molar-refractivity contribution in [2.24, 2.45) is 0 Å². The number of hydrogen-bond acceptors (Lipinski definition) is 6. The molecule has 0 bridgehead atoms. The minimum absolute atomic E-state index is 0.427. The van der Waals surface area contributed by atoms with Crippen LogP contribution in [0.4, 0.5) is 5.82 Å². The zero-order valence-corrected chi connectivity index (χ0v) is 13.7. The molecule has 0 aliphatic rings. The van der Waals surface area contributed by atoms with Gasteiger partial charge in [-0.05, 0) is 0 Å². The smallest absolute Gasteiger partial charge is 0.233 e. The van der Waals surface area contributed by atoms with Gasteiger partial charge in [0.25, 0.3) is 0 Å². The standard InChI is InChI=1S/C14H10O2.C5H5N5/c15-13(11-7-3-1-4-8-11)14(16)12-9-5-2-6-10-12;6-4-3-5(9-1-7-3)10-2-8-4/h1-10H;1-2H,(H3,6,7,8,9,10). The van der Waals surface area contributed by atoms with E-state index in [0.29, 0.717) is 28.1 Å². The zero-order chi connectivity index (χ0) is 18.4. The van der Waals surface area contributed by atoms with Crippen molar-refractivity contribution in [3.8, 4) is 0 Å². The number of nitrogens with zero attached hydrogens (tertiary/aromatic N) is 3. The molecule has 7 nitrogen and oxygen atoms in total. The molecule has 0 amide bonds. The number of fused-ring (bicyclic) bond motifs is 1. The molecule has 7 heteroatoms. The monoisotopic (exact) mass is 345 g/mol. The largest absolute Gasteiger partial charge is 0.382 e. The van der Waals surface area contributed by atoms with Crippen molar-refractivity contribution < 1.29 is 9.59 Å². The third-order valence-corrected chi connectivity index (χ3v) is 3.53. The minimum Gasteiger partial charge on any atom is -0.382 e. The number of aromatic nitrogens is 4. The lowest BCUT2D eigenvalue weighted by atomic mass is 10.0. The van der Waals surface area contributed by atoms with Crippen LogP contribution in [0.5, 0.6) is 0 Å². The van der Waals surface area contributed by atoms with Crippen molar-refractivity contribution >= 4 is 28.5 Å². The average molecular weight is 345 g/mol. The lowest BCUT2D eigenvalue weighted by molar-refractivity contribution is 0.0817. The summed E-state index contributed by atoms with van der Waals surface area (Å²) in [4.78, 5) is 38.0. The molecule has 0 unspecified atom stereocenters. The number of carbonyl (C=O) groups is 2. The quantitative estimate of drug-likeness (QED) is 0.436. The fourth-order valence-electron chi connectivity index (χ4n) is 2.22. The first-order chi connectivity index (χ1) is 12.7. The highest BCUT2D eigenvalue weighted by Crippen LogP contribution is 2.09. The normalized spacial score (nSPS) is 10.0. The molecule has 0 aliphatic carbocycles. The van der Waals surface area contributed by atoms with Gasteiger partial charge in [0.15, 0.2) is 11.5 Å². The Morgan fingerprint density at radius 3 is 1.81 bits per heavy atom. The van der Waals surface area contributed by atoms with Gasteiger partial charge in [0.2, 0.25) is 11.6 Å². The summed E-state index contributed by atoms with van der Waals surface area (Å²) in [5, 5.41) is 0. The number of Topliss-reactive ketones (excluding diaryl/α,β-unsaturated/α-hetero) is 2. The fraction of sp³-hybridized carbons (Fsp3) is 0. The van der Waals surface area contributed by atoms with E-state index in [1.807, 2.05) is 12.1 Å². The zero-order valence-electron chi connectivity index (χ0n) is 13.7. The third-order valence-electron chi connectivity index (χ3n) is 3.53. The maximum Gasteiger partial charge on any atom is 0.233 e. The van der Waals surface area contributed by atoms with Gasteiger partial charge in [-0.3, -0.25) is 9.59 Å². The van der Waals surface area contributed by atoms with Crippen molar-refractivity contribution in [3.05, 3.63) is 84.4 Å². The van der Waals surface area contributed by atoms with E-state index < -0.39 is 11.6 Å². The van der Waals surface area contributed by atoms with Crippen LogP contribution in [0.1, 0.15) is 20.7 Å². The van der Waals surface area contributed by atoms with Crippen LogP contribution in [0.25, 0.3) is 11.2 Å². The molecule has 128 valence electrons. The van der Waals surface area contributed by atoms with Gasteiger partial charge >= 0.3 is 0 Å². The van der Waals surface area contributed by atoms with E-state index in [2.05, 4.69) is 19.9 Å². The van der Waals surface area contributed by atoms with Gasteiger partial charge < -0.3 is 10.7 Å². The Labute approximate surface area is 148 Å². The molecule has 0 aliphatic heterocycles. The molecule has 4 rings (SSSR count). The first kappa shape index (κ1) is 17.0. The molecule has 26 heavy (non-hydrogen) atoms. The van der Waals surface area contributed by atoms with Gasteiger partial charge in [-0.2, -0.15) is 0 Å². The topological polar surface area (TPSA) is 115 Å². The van der Waals surface area contributed by atoms with Crippen LogP contribution < -0.4 is 5.73 Å². The molecule has 0 atom stereocenters. The third kappa shape index (κ3) is 3.78. The van der Waals surface area contributed by atoms with E-state index in [1.165, 1.54) is 12.7 Å². The van der Waals surface area contributed by atoms with Gasteiger partial charge in [-0.1, -0.05) is 60.7 Å². The summed E-state index contributed by atoms with van der Waals surface area (Å²) in [5.74, 6) is -0.499. The molecule has 0 radical (unpaired) electrons. The lowest BCUT2D eigenvalue weighted by Gasteiger charge is -1.99. The number of hydrogen-bond donors (Lipinski definition) is 2. The molecule has 0 saturated heterocycles. The van der Waals surface area contributed by atoms with Crippen LogP contribution >= 0.6 is 0 Å². The van der Waals surface area contributed by atoms with Crippen molar-refractivity contribution in [2.45, 2.75) is 0 Å². The van der Waals surface area contributed by atoms with Crippen LogP contribution in [-0.4, -0.2) is 31.5 Å². The van der Waals surface area contributed by atoms with E-state index in [9.17, 15) is 9.59 Å². The number of nitrogens with two attached hydrogens (primary N) is 1. The van der Waals surface area contributed by atoms with Crippen LogP contribution in [0.3, 0.4) is 0 Å². The van der Waals surface area contributed by atoms with Crippen LogP contribution in [-0.2, 0) is 0 Å². The first-order valence-corrected chi connectivity index (χ1v) is 7.75. The van der Waals surface area contributed by atoms with Crippen molar-refractivity contribution in [1.82, 2.24) is 19.9 Å². The Bertz CT molecular complexity index is 980. The summed E-state index contributed by atoms with van der Waals surface area (Å²) >= 11 is 0. The second-order valence-electron chi connectivity index (χ2n) is 5.25. The Morgan fingerprint density at radius 2 is 1.31 bits per heavy atom. The van der Waals surface area contributed by atoms with Crippen molar-refractivity contribution in [3.63, 3.8) is 0 Å². The number of anilines is 1. The fourth-order valence-corrected chi connectivity index (χ4v) is 2.22. The Kier molecular flexibility index (Phi) is 5.09. The lowest BCUT2D eigenvalue weighted by Crippen LogP contribution is -2.14. The average Bonchev–Trinajstić information content (AvgIpc) is 3.19. The number of aromatic amines is 1. The SMILES string of the molecule is Nc1ncnc2nc[nH]c12.O=C(C(=O)c1ccccc1)c1ccccc1. The maximum atomic E-state index is 11.8. The highest BCUT2D eigenvalue weighted by Gasteiger charge is 2.17. The summed E-state index contributed by atoms with van der Waals surface area (Å²) in [6, 6.07) is 17.2. The molecular weight excluding hydrogens is 330 g/mol. The predicted molar refractivity (Wildman–Crippen MR) is 97.6 cm³/mol. The van der Waals surface area contributed by atoms with E-state index in [-0.39, 0.29) is 0 Å². The number of benzene rings is 2. The maximum absolute atomic E-state index is 11.8. The van der Waals surface area contributed by atoms with Crippen LogP contribution in [0, 0.1) is 0 Å². The summed E-state index contributed by atoms with van der Waals surface area (Å²) in [7, 11) is 0. The summed E-state index contributed by atoms with van der Waals surface area (Å²) < 4.78 is 0. The van der Waals surface area contributed by atoms with Gasteiger partial charge in [-0.25, -0.2) is 15.0 Å². The van der Waals surface area contributed by atoms with Crippen LogP contribution in [0.2, 0.25) is 0 Å². The number of carbonyl (C=O) groups excluding carboxylic acids is 2. The number of H-pyrrole nitrogens is 1. The van der Waals surface area contributed by atoms with Crippen molar-refractivity contribution in [1.29, 1.82) is 0 Å². The summed E-state index contributed by atoms with van der Waals surface area (Å²) in [5.41, 5.74) is 7.63. The Balaban J connectivity index is 0.000000167. The summed E-state index contributed by atoms with van der Waals surface area (Å²) in [6.45, 7) is 0. The number of nitrogen functional groups attached to an aromatic ring is 1. The van der Waals surface area contributed by atoms with E-state index in [1.54, 1.807) is 48.5 Å². The second kappa shape index (κ2) is 7.80. The predicted octanol–water partition coefficient (Wildman–Crippen LogP) is 2.69. The van der Waals surface area contributed by atoms with Crippen molar-refractivity contribution in [2.75, 3.05) is 5.73 Å². The number of rotatable bonds is 3. The van der Waals surface area contributed by atoms with Gasteiger partial charge in [0.1, 0.15) is 11.8 Å².